The summed E-state index contributed by atoms with van der Waals surface area (Å²) in [5, 5.41) is 0. The lowest BCUT2D eigenvalue weighted by atomic mass is 9.86. The number of carbonyl (C=O) groups is 1. The minimum atomic E-state index is -0.452. The summed E-state index contributed by atoms with van der Waals surface area (Å²) in [6, 6.07) is 7.50. The van der Waals surface area contributed by atoms with Crippen molar-refractivity contribution in [1.29, 1.82) is 0 Å². The van der Waals surface area contributed by atoms with Crippen LogP contribution < -0.4 is 0 Å². The zero-order valence-corrected chi connectivity index (χ0v) is 7.87. The lowest BCUT2D eigenvalue weighted by Crippen LogP contribution is -2.18. The molecule has 0 fully saturated rings. The molecule has 0 aliphatic rings. The molecule has 1 heteroatoms. The minimum absolute atomic E-state index is 0.452. The molecule has 0 amide bonds. The van der Waals surface area contributed by atoms with Crippen LogP contribution in [0.25, 0.3) is 0 Å². The molecular formula is C12H12O. The highest BCUT2D eigenvalue weighted by Gasteiger charge is 2.18. The van der Waals surface area contributed by atoms with Gasteiger partial charge in [0.05, 0.1) is 0 Å². The summed E-state index contributed by atoms with van der Waals surface area (Å²) < 4.78 is 0. The Balaban J connectivity index is 3.17. The molecule has 0 spiro atoms. The van der Waals surface area contributed by atoms with Gasteiger partial charge in [-0.1, -0.05) is 18.1 Å². The fourth-order valence-corrected chi connectivity index (χ4v) is 1.08. The minimum Gasteiger partial charge on any atom is -0.302 e. The van der Waals surface area contributed by atoms with Crippen LogP contribution in [0.1, 0.15) is 25.0 Å². The predicted molar refractivity (Wildman–Crippen MR) is 53.5 cm³/mol. The van der Waals surface area contributed by atoms with Gasteiger partial charge in [-0.2, -0.15) is 0 Å². The van der Waals surface area contributed by atoms with Crippen LogP contribution in [-0.4, -0.2) is 6.29 Å². The van der Waals surface area contributed by atoms with E-state index in [-0.39, 0.29) is 0 Å². The van der Waals surface area contributed by atoms with Crippen molar-refractivity contribution >= 4 is 6.29 Å². The number of terminal acetylenes is 1. The van der Waals surface area contributed by atoms with Crippen molar-refractivity contribution in [2.75, 3.05) is 0 Å². The van der Waals surface area contributed by atoms with E-state index in [4.69, 9.17) is 6.42 Å². The molecule has 1 aromatic carbocycles. The highest BCUT2D eigenvalue weighted by atomic mass is 16.1. The maximum atomic E-state index is 10.8. The van der Waals surface area contributed by atoms with Gasteiger partial charge < -0.3 is 4.79 Å². The molecule has 0 aliphatic carbocycles. The number of hydrogen-bond donors (Lipinski definition) is 0. The van der Waals surface area contributed by atoms with Gasteiger partial charge >= 0.3 is 0 Å². The molecule has 1 nitrogen and oxygen atoms in total. The van der Waals surface area contributed by atoms with Crippen LogP contribution in [0.2, 0.25) is 0 Å². The molecule has 13 heavy (non-hydrogen) atoms. The van der Waals surface area contributed by atoms with Gasteiger partial charge in [-0.3, -0.25) is 0 Å². The van der Waals surface area contributed by atoms with E-state index in [1.165, 1.54) is 0 Å². The molecule has 0 aliphatic heterocycles. The Morgan fingerprint density at radius 2 is 2.15 bits per heavy atom. The second-order valence-electron chi connectivity index (χ2n) is 3.56. The summed E-state index contributed by atoms with van der Waals surface area (Å²) in [7, 11) is 0. The Morgan fingerprint density at radius 3 is 2.69 bits per heavy atom. The maximum absolute atomic E-state index is 10.8. The first kappa shape index (κ1) is 9.54. The molecule has 0 atom stereocenters. The third-order valence-electron chi connectivity index (χ3n) is 2.07. The Hall–Kier alpha value is -1.55. The molecule has 0 radical (unpaired) electrons. The standard InChI is InChI=1S/C12H12O/c1-4-10-6-5-7-11(8-10)12(2,3)9-13/h1,5-9H,2-3H3. The van der Waals surface area contributed by atoms with Crippen molar-refractivity contribution in [3.63, 3.8) is 0 Å². The largest absolute Gasteiger partial charge is 0.302 e. The molecule has 1 aromatic rings. The number of rotatable bonds is 2. The van der Waals surface area contributed by atoms with Gasteiger partial charge in [0.1, 0.15) is 6.29 Å². The van der Waals surface area contributed by atoms with Crippen LogP contribution in [0.5, 0.6) is 0 Å². The third kappa shape index (κ3) is 1.97. The summed E-state index contributed by atoms with van der Waals surface area (Å²) in [6.45, 7) is 3.74. The first-order chi connectivity index (χ1) is 6.10. The summed E-state index contributed by atoms with van der Waals surface area (Å²) in [4.78, 5) is 10.8. The number of benzene rings is 1. The Morgan fingerprint density at radius 1 is 1.46 bits per heavy atom. The number of carbonyl (C=O) groups excluding carboxylic acids is 1. The molecule has 66 valence electrons. The third-order valence-corrected chi connectivity index (χ3v) is 2.07. The van der Waals surface area contributed by atoms with Crippen molar-refractivity contribution in [2.45, 2.75) is 19.3 Å². The lowest BCUT2D eigenvalue weighted by Gasteiger charge is -2.17. The molecule has 0 unspecified atom stereocenters. The first-order valence-electron chi connectivity index (χ1n) is 4.13. The highest BCUT2D eigenvalue weighted by Crippen LogP contribution is 2.20. The van der Waals surface area contributed by atoms with E-state index in [9.17, 15) is 4.79 Å². The Kier molecular flexibility index (Phi) is 2.53. The van der Waals surface area contributed by atoms with E-state index in [0.29, 0.717) is 0 Å². The van der Waals surface area contributed by atoms with Gasteiger partial charge in [-0.25, -0.2) is 0 Å². The zero-order chi connectivity index (χ0) is 9.90. The molecule has 0 saturated heterocycles. The molecule has 0 N–H and O–H groups in total. The molecule has 1 rings (SSSR count). The van der Waals surface area contributed by atoms with Gasteiger partial charge in [0, 0.05) is 11.0 Å². The summed E-state index contributed by atoms with van der Waals surface area (Å²) in [5.74, 6) is 2.55. The molecular weight excluding hydrogens is 160 g/mol. The summed E-state index contributed by atoms with van der Waals surface area (Å²) in [5.41, 5.74) is 1.32. The van der Waals surface area contributed by atoms with Crippen molar-refractivity contribution in [2.24, 2.45) is 0 Å². The van der Waals surface area contributed by atoms with Crippen LogP contribution >= 0.6 is 0 Å². The second kappa shape index (κ2) is 3.45. The topological polar surface area (TPSA) is 17.1 Å². The van der Waals surface area contributed by atoms with E-state index in [1.807, 2.05) is 38.1 Å². The SMILES string of the molecule is C#Cc1cccc(C(C)(C)C=O)c1. The quantitative estimate of drug-likeness (QED) is 0.493. The number of aldehydes is 1. The van der Waals surface area contributed by atoms with Crippen molar-refractivity contribution in [3.8, 4) is 12.3 Å². The molecule has 0 heterocycles. The van der Waals surface area contributed by atoms with Crippen LogP contribution in [0, 0.1) is 12.3 Å². The van der Waals surface area contributed by atoms with Gasteiger partial charge in [0.25, 0.3) is 0 Å². The fraction of sp³-hybridized carbons (Fsp3) is 0.250. The van der Waals surface area contributed by atoms with E-state index in [0.717, 1.165) is 17.4 Å². The van der Waals surface area contributed by atoms with Gasteiger partial charge in [-0.15, -0.1) is 6.42 Å². The zero-order valence-electron chi connectivity index (χ0n) is 7.87. The van der Waals surface area contributed by atoms with Crippen LogP contribution in [0.4, 0.5) is 0 Å². The summed E-state index contributed by atoms with van der Waals surface area (Å²) in [6.07, 6.45) is 6.20. The van der Waals surface area contributed by atoms with Crippen LogP contribution in [0.15, 0.2) is 24.3 Å². The van der Waals surface area contributed by atoms with Crippen molar-refractivity contribution < 1.29 is 4.79 Å². The van der Waals surface area contributed by atoms with E-state index in [2.05, 4.69) is 5.92 Å². The van der Waals surface area contributed by atoms with Gasteiger partial charge in [-0.05, 0) is 31.5 Å². The average molecular weight is 172 g/mol. The molecule has 0 aromatic heterocycles. The normalized spacial score (nSPS) is 10.5. The predicted octanol–water partition coefficient (Wildman–Crippen LogP) is 2.14. The summed E-state index contributed by atoms with van der Waals surface area (Å²) >= 11 is 0. The number of hydrogen-bond acceptors (Lipinski definition) is 1. The maximum Gasteiger partial charge on any atom is 0.129 e. The lowest BCUT2D eigenvalue weighted by molar-refractivity contribution is -0.111. The van der Waals surface area contributed by atoms with Crippen molar-refractivity contribution in [1.82, 2.24) is 0 Å². The van der Waals surface area contributed by atoms with Crippen LogP contribution in [-0.2, 0) is 10.2 Å². The van der Waals surface area contributed by atoms with E-state index >= 15 is 0 Å². The van der Waals surface area contributed by atoms with E-state index < -0.39 is 5.41 Å². The van der Waals surface area contributed by atoms with Crippen molar-refractivity contribution in [3.05, 3.63) is 35.4 Å². The smallest absolute Gasteiger partial charge is 0.129 e. The Labute approximate surface area is 78.8 Å². The fourth-order valence-electron chi connectivity index (χ4n) is 1.08. The molecule has 0 bridgehead atoms. The monoisotopic (exact) mass is 172 g/mol. The Bertz CT molecular complexity index is 356. The van der Waals surface area contributed by atoms with Gasteiger partial charge in [0.15, 0.2) is 0 Å². The second-order valence-corrected chi connectivity index (χ2v) is 3.56. The van der Waals surface area contributed by atoms with E-state index in [1.54, 1.807) is 0 Å². The molecule has 0 saturated carbocycles. The van der Waals surface area contributed by atoms with Gasteiger partial charge in [0.2, 0.25) is 0 Å². The highest BCUT2D eigenvalue weighted by molar-refractivity contribution is 5.67. The van der Waals surface area contributed by atoms with Crippen LogP contribution in [0.3, 0.4) is 0 Å². The first-order valence-corrected chi connectivity index (χ1v) is 4.13. The average Bonchev–Trinajstić information content (AvgIpc) is 2.18.